The third kappa shape index (κ3) is 3.58. The zero-order valence-corrected chi connectivity index (χ0v) is 15.5. The monoisotopic (exact) mass is 360 g/mol. The summed E-state index contributed by atoms with van der Waals surface area (Å²) in [5.74, 6) is -1.02. The Hall–Kier alpha value is -2.72. The molecule has 1 saturated heterocycles. The van der Waals surface area contributed by atoms with E-state index < -0.39 is 5.97 Å². The van der Waals surface area contributed by atoms with Crippen LogP contribution in [0.4, 0.5) is 0 Å². The highest BCUT2D eigenvalue weighted by Gasteiger charge is 2.32. The van der Waals surface area contributed by atoms with Gasteiger partial charge in [0.2, 0.25) is 0 Å². The van der Waals surface area contributed by atoms with Crippen molar-refractivity contribution < 1.29 is 9.90 Å². The van der Waals surface area contributed by atoms with Gasteiger partial charge in [-0.1, -0.05) is 48.5 Å². The third-order valence-electron chi connectivity index (χ3n) is 5.50. The SMILES string of the molecule is Cc1ccc(C(c2cccc3ccccc23)N2CCCC(C(=O)O)C2)nc1. The molecule has 0 bridgehead atoms. The molecule has 1 fully saturated rings. The van der Waals surface area contributed by atoms with Gasteiger partial charge in [0.1, 0.15) is 0 Å². The molecule has 0 spiro atoms. The van der Waals surface area contributed by atoms with Crippen molar-refractivity contribution in [3.05, 3.63) is 77.6 Å². The van der Waals surface area contributed by atoms with E-state index in [2.05, 4.69) is 53.4 Å². The fourth-order valence-corrected chi connectivity index (χ4v) is 4.12. The van der Waals surface area contributed by atoms with Gasteiger partial charge in [0, 0.05) is 12.7 Å². The van der Waals surface area contributed by atoms with Crippen molar-refractivity contribution >= 4 is 16.7 Å². The topological polar surface area (TPSA) is 53.4 Å². The first kappa shape index (κ1) is 17.7. The molecule has 0 radical (unpaired) electrons. The fraction of sp³-hybridized carbons (Fsp3) is 0.304. The molecule has 1 aliphatic heterocycles. The summed E-state index contributed by atoms with van der Waals surface area (Å²) >= 11 is 0. The number of hydrogen-bond acceptors (Lipinski definition) is 3. The van der Waals surface area contributed by atoms with Crippen LogP contribution in [0.25, 0.3) is 10.8 Å². The number of fused-ring (bicyclic) bond motifs is 1. The van der Waals surface area contributed by atoms with Crippen LogP contribution in [0, 0.1) is 12.8 Å². The van der Waals surface area contributed by atoms with Crippen molar-refractivity contribution in [1.82, 2.24) is 9.88 Å². The maximum atomic E-state index is 11.6. The molecule has 27 heavy (non-hydrogen) atoms. The Morgan fingerprint density at radius 1 is 1.15 bits per heavy atom. The van der Waals surface area contributed by atoms with E-state index in [0.29, 0.717) is 6.54 Å². The van der Waals surface area contributed by atoms with Crippen LogP contribution >= 0.6 is 0 Å². The number of aromatic nitrogens is 1. The summed E-state index contributed by atoms with van der Waals surface area (Å²) in [5, 5.41) is 11.9. The number of benzene rings is 2. The Balaban J connectivity index is 1.83. The summed E-state index contributed by atoms with van der Waals surface area (Å²) in [4.78, 5) is 18.6. The first-order chi connectivity index (χ1) is 13.1. The van der Waals surface area contributed by atoms with Gasteiger partial charge in [-0.05, 0) is 54.3 Å². The Morgan fingerprint density at radius 2 is 1.96 bits per heavy atom. The predicted octanol–water partition coefficient (Wildman–Crippen LogP) is 4.43. The average Bonchev–Trinajstić information content (AvgIpc) is 2.70. The average molecular weight is 360 g/mol. The summed E-state index contributed by atoms with van der Waals surface area (Å²) in [6.45, 7) is 3.47. The highest BCUT2D eigenvalue weighted by molar-refractivity contribution is 5.86. The van der Waals surface area contributed by atoms with Crippen LogP contribution in [0.5, 0.6) is 0 Å². The molecule has 2 unspecified atom stereocenters. The second-order valence-electron chi connectivity index (χ2n) is 7.40. The van der Waals surface area contributed by atoms with E-state index in [-0.39, 0.29) is 12.0 Å². The Kier molecular flexibility index (Phi) is 4.90. The lowest BCUT2D eigenvalue weighted by Crippen LogP contribution is -2.41. The molecule has 2 atom stereocenters. The summed E-state index contributed by atoms with van der Waals surface area (Å²) in [6.07, 6.45) is 3.53. The zero-order valence-electron chi connectivity index (χ0n) is 15.5. The smallest absolute Gasteiger partial charge is 0.307 e. The lowest BCUT2D eigenvalue weighted by atomic mass is 9.91. The van der Waals surface area contributed by atoms with Crippen molar-refractivity contribution in [1.29, 1.82) is 0 Å². The molecular weight excluding hydrogens is 336 g/mol. The van der Waals surface area contributed by atoms with Crippen LogP contribution in [0.15, 0.2) is 60.8 Å². The van der Waals surface area contributed by atoms with Gasteiger partial charge in [-0.15, -0.1) is 0 Å². The number of carbonyl (C=O) groups is 1. The highest BCUT2D eigenvalue weighted by Crippen LogP contribution is 2.35. The highest BCUT2D eigenvalue weighted by atomic mass is 16.4. The minimum Gasteiger partial charge on any atom is -0.481 e. The molecule has 1 aliphatic rings. The van der Waals surface area contributed by atoms with E-state index >= 15 is 0 Å². The van der Waals surface area contributed by atoms with Gasteiger partial charge in [-0.3, -0.25) is 14.7 Å². The second kappa shape index (κ2) is 7.49. The number of nitrogens with zero attached hydrogens (tertiary/aromatic N) is 2. The van der Waals surface area contributed by atoms with Crippen molar-refractivity contribution in [3.8, 4) is 0 Å². The Labute approximate surface area is 159 Å². The molecule has 138 valence electrons. The number of pyridine rings is 1. The fourth-order valence-electron chi connectivity index (χ4n) is 4.12. The van der Waals surface area contributed by atoms with E-state index in [1.807, 2.05) is 19.2 Å². The second-order valence-corrected chi connectivity index (χ2v) is 7.40. The van der Waals surface area contributed by atoms with Crippen molar-refractivity contribution in [2.45, 2.75) is 25.8 Å². The third-order valence-corrected chi connectivity index (χ3v) is 5.50. The summed E-state index contributed by atoms with van der Waals surface area (Å²) in [6, 6.07) is 18.8. The van der Waals surface area contributed by atoms with Gasteiger partial charge in [0.15, 0.2) is 0 Å². The van der Waals surface area contributed by atoms with E-state index in [1.165, 1.54) is 16.3 Å². The van der Waals surface area contributed by atoms with E-state index in [0.717, 1.165) is 30.6 Å². The lowest BCUT2D eigenvalue weighted by Gasteiger charge is -2.37. The molecule has 1 N–H and O–H groups in total. The van der Waals surface area contributed by atoms with E-state index in [4.69, 9.17) is 4.98 Å². The van der Waals surface area contributed by atoms with E-state index in [1.54, 1.807) is 0 Å². The maximum Gasteiger partial charge on any atom is 0.307 e. The maximum absolute atomic E-state index is 11.6. The minimum absolute atomic E-state index is 0.0427. The molecule has 0 aliphatic carbocycles. The van der Waals surface area contributed by atoms with Crippen LogP contribution in [-0.2, 0) is 4.79 Å². The quantitative estimate of drug-likeness (QED) is 0.748. The number of rotatable bonds is 4. The van der Waals surface area contributed by atoms with Gasteiger partial charge < -0.3 is 5.11 Å². The van der Waals surface area contributed by atoms with Crippen LogP contribution in [0.1, 0.15) is 35.7 Å². The number of hydrogen-bond donors (Lipinski definition) is 1. The van der Waals surface area contributed by atoms with Gasteiger partial charge >= 0.3 is 5.97 Å². The van der Waals surface area contributed by atoms with Crippen LogP contribution < -0.4 is 0 Å². The number of piperidine rings is 1. The van der Waals surface area contributed by atoms with Crippen LogP contribution in [-0.4, -0.2) is 34.0 Å². The number of likely N-dealkylation sites (tertiary alicyclic amines) is 1. The molecule has 2 aromatic carbocycles. The Morgan fingerprint density at radius 3 is 2.74 bits per heavy atom. The predicted molar refractivity (Wildman–Crippen MR) is 107 cm³/mol. The molecule has 0 amide bonds. The van der Waals surface area contributed by atoms with Gasteiger partial charge in [0.25, 0.3) is 0 Å². The molecular formula is C23H24N2O2. The van der Waals surface area contributed by atoms with Crippen molar-refractivity contribution in [3.63, 3.8) is 0 Å². The van der Waals surface area contributed by atoms with Crippen LogP contribution in [0.2, 0.25) is 0 Å². The van der Waals surface area contributed by atoms with E-state index in [9.17, 15) is 9.90 Å². The summed E-state index contributed by atoms with van der Waals surface area (Å²) < 4.78 is 0. The molecule has 4 heteroatoms. The standard InChI is InChI=1S/C23H24N2O2/c1-16-11-12-21(24-14-16)22(25-13-5-8-18(15-25)23(26)27)20-10-4-7-17-6-2-3-9-19(17)20/h2-4,6-7,9-12,14,18,22H,5,8,13,15H2,1H3,(H,26,27). The number of aryl methyl sites for hydroxylation is 1. The van der Waals surface area contributed by atoms with Crippen LogP contribution in [0.3, 0.4) is 0 Å². The van der Waals surface area contributed by atoms with Crippen molar-refractivity contribution in [2.24, 2.45) is 5.92 Å². The number of aliphatic carboxylic acids is 1. The van der Waals surface area contributed by atoms with Gasteiger partial charge in [-0.2, -0.15) is 0 Å². The lowest BCUT2D eigenvalue weighted by molar-refractivity contribution is -0.143. The summed E-state index contributed by atoms with van der Waals surface area (Å²) in [7, 11) is 0. The Bertz CT molecular complexity index is 947. The number of carboxylic acids is 1. The molecule has 3 aromatic rings. The molecule has 4 rings (SSSR count). The largest absolute Gasteiger partial charge is 0.481 e. The molecule has 4 nitrogen and oxygen atoms in total. The minimum atomic E-state index is -0.701. The zero-order chi connectivity index (χ0) is 18.8. The summed E-state index contributed by atoms with van der Waals surface area (Å²) in [5.41, 5.74) is 3.29. The van der Waals surface area contributed by atoms with Gasteiger partial charge in [-0.25, -0.2) is 0 Å². The molecule has 2 heterocycles. The first-order valence-corrected chi connectivity index (χ1v) is 9.50. The van der Waals surface area contributed by atoms with Gasteiger partial charge in [0.05, 0.1) is 17.7 Å². The normalized spacial score (nSPS) is 19.1. The number of carboxylic acid groups (broad SMARTS) is 1. The molecule has 0 saturated carbocycles. The van der Waals surface area contributed by atoms with Crippen molar-refractivity contribution in [2.75, 3.05) is 13.1 Å². The first-order valence-electron chi connectivity index (χ1n) is 9.50. The molecule has 1 aromatic heterocycles.